The van der Waals surface area contributed by atoms with E-state index in [1.54, 1.807) is 7.11 Å². The number of methoxy groups -OCH3 is 2. The number of rotatable bonds is 3. The van der Waals surface area contributed by atoms with Crippen molar-refractivity contribution in [2.45, 2.75) is 76.8 Å². The average molecular weight is 417 g/mol. The highest BCUT2D eigenvalue weighted by molar-refractivity contribution is 5.90. The molecule has 0 saturated carbocycles. The summed E-state index contributed by atoms with van der Waals surface area (Å²) in [4.78, 5) is 12.7. The maximum atomic E-state index is 12.7. The van der Waals surface area contributed by atoms with Gasteiger partial charge in [0.2, 0.25) is 11.6 Å². The molecule has 0 unspecified atom stereocenters. The van der Waals surface area contributed by atoms with Gasteiger partial charge in [0.05, 0.1) is 18.2 Å². The number of benzene rings is 1. The van der Waals surface area contributed by atoms with Crippen molar-refractivity contribution in [3.8, 4) is 5.75 Å². The molecular weight excluding hydrogens is 384 g/mol. The lowest BCUT2D eigenvalue weighted by atomic mass is 9.55. The fourth-order valence-electron chi connectivity index (χ4n) is 5.60. The average Bonchev–Trinajstić information content (AvgIpc) is 2.68. The van der Waals surface area contributed by atoms with Crippen LogP contribution < -0.4 is 4.74 Å². The lowest BCUT2D eigenvalue weighted by molar-refractivity contribution is -0.352. The Hall–Kier alpha value is -2.05. The van der Waals surface area contributed by atoms with E-state index < -0.39 is 17.5 Å². The van der Waals surface area contributed by atoms with Crippen LogP contribution in [0.2, 0.25) is 0 Å². The van der Waals surface area contributed by atoms with E-state index in [1.807, 2.05) is 13.8 Å². The first-order valence-corrected chi connectivity index (χ1v) is 10.6. The minimum absolute atomic E-state index is 0.101. The normalized spacial score (nSPS) is 31.7. The first kappa shape index (κ1) is 21.2. The van der Waals surface area contributed by atoms with Gasteiger partial charge < -0.3 is 24.1 Å². The van der Waals surface area contributed by atoms with Gasteiger partial charge in [0.1, 0.15) is 11.5 Å². The summed E-state index contributed by atoms with van der Waals surface area (Å²) in [5, 5.41) is 10.6. The van der Waals surface area contributed by atoms with Gasteiger partial charge in [-0.2, -0.15) is 0 Å². The van der Waals surface area contributed by atoms with E-state index in [1.165, 1.54) is 7.11 Å². The summed E-state index contributed by atoms with van der Waals surface area (Å²) in [6.45, 7) is 10.2. The van der Waals surface area contributed by atoms with Gasteiger partial charge in [-0.15, -0.1) is 0 Å². The van der Waals surface area contributed by atoms with E-state index in [9.17, 15) is 9.90 Å². The van der Waals surface area contributed by atoms with Crippen LogP contribution in [0.3, 0.4) is 0 Å². The van der Waals surface area contributed by atoms with Gasteiger partial charge >= 0.3 is 5.97 Å². The summed E-state index contributed by atoms with van der Waals surface area (Å²) in [6, 6.07) is 4.24. The summed E-state index contributed by atoms with van der Waals surface area (Å²) in [5.41, 5.74) is 3.02. The number of hydrogen-bond acceptors (Lipinski definition) is 6. The van der Waals surface area contributed by atoms with Gasteiger partial charge in [0.25, 0.3) is 0 Å². The molecule has 4 rings (SSSR count). The van der Waals surface area contributed by atoms with E-state index in [0.717, 1.165) is 22.4 Å². The molecule has 3 aliphatic rings. The molecule has 2 aliphatic carbocycles. The van der Waals surface area contributed by atoms with Crippen LogP contribution in [0.5, 0.6) is 5.75 Å². The van der Waals surface area contributed by atoms with E-state index in [4.69, 9.17) is 18.9 Å². The third kappa shape index (κ3) is 2.80. The van der Waals surface area contributed by atoms with E-state index in [2.05, 4.69) is 32.9 Å². The van der Waals surface area contributed by atoms with Crippen molar-refractivity contribution in [1.29, 1.82) is 0 Å². The third-order valence-corrected chi connectivity index (χ3v) is 7.08. The van der Waals surface area contributed by atoms with Crippen molar-refractivity contribution in [1.82, 2.24) is 0 Å². The minimum atomic E-state index is -1.08. The second-order valence-electron chi connectivity index (χ2n) is 9.65. The molecule has 0 radical (unpaired) electrons. The Bertz CT molecular complexity index is 930. The summed E-state index contributed by atoms with van der Waals surface area (Å²) >= 11 is 0. The number of carbonyl (C=O) groups is 1. The van der Waals surface area contributed by atoms with Crippen molar-refractivity contribution in [3.05, 3.63) is 40.2 Å². The molecule has 164 valence electrons. The van der Waals surface area contributed by atoms with Crippen molar-refractivity contribution >= 4 is 5.97 Å². The molecule has 0 spiro atoms. The molecule has 1 aromatic carbocycles. The minimum Gasteiger partial charge on any atom is -0.512 e. The predicted octanol–water partition coefficient (Wildman–Crippen LogP) is 4.81. The van der Waals surface area contributed by atoms with Crippen LogP contribution in [-0.2, 0) is 30.2 Å². The molecule has 6 nitrogen and oxygen atoms in total. The molecule has 0 fully saturated rings. The summed E-state index contributed by atoms with van der Waals surface area (Å²) in [7, 11) is 2.97. The Morgan fingerprint density at radius 3 is 2.53 bits per heavy atom. The van der Waals surface area contributed by atoms with Crippen molar-refractivity contribution < 1.29 is 28.8 Å². The van der Waals surface area contributed by atoms with Crippen LogP contribution in [0.25, 0.3) is 0 Å². The predicted molar refractivity (Wildman–Crippen MR) is 111 cm³/mol. The smallest absolute Gasteiger partial charge is 0.337 e. The SMILES string of the molecule is COC(=O)C1=C(O)CC[C@@]2(C)c3ccc(C(C)C)c4c3[C@](OC)(C[C@@H]12)OC(C)(C)O4. The molecule has 1 heterocycles. The molecule has 3 atom stereocenters. The summed E-state index contributed by atoms with van der Waals surface area (Å²) in [6.07, 6.45) is 1.52. The van der Waals surface area contributed by atoms with Crippen LogP contribution in [0.4, 0.5) is 0 Å². The molecule has 1 aromatic rings. The molecule has 6 heteroatoms. The Kier molecular flexibility index (Phi) is 4.75. The lowest BCUT2D eigenvalue weighted by Crippen LogP contribution is -2.56. The number of hydrogen-bond donors (Lipinski definition) is 1. The second-order valence-corrected chi connectivity index (χ2v) is 9.65. The van der Waals surface area contributed by atoms with Gasteiger partial charge in [-0.3, -0.25) is 0 Å². The number of allylic oxidation sites excluding steroid dienone is 1. The van der Waals surface area contributed by atoms with Crippen molar-refractivity contribution in [2.75, 3.05) is 14.2 Å². The van der Waals surface area contributed by atoms with Crippen molar-refractivity contribution in [2.24, 2.45) is 5.92 Å². The monoisotopic (exact) mass is 416 g/mol. The highest BCUT2D eigenvalue weighted by Gasteiger charge is 2.60. The van der Waals surface area contributed by atoms with Crippen molar-refractivity contribution in [3.63, 3.8) is 0 Å². The molecule has 0 bridgehead atoms. The second kappa shape index (κ2) is 6.72. The lowest BCUT2D eigenvalue weighted by Gasteiger charge is -2.56. The number of aliphatic hydroxyl groups is 1. The number of fused-ring (bicyclic) bond motifs is 2. The topological polar surface area (TPSA) is 74.2 Å². The quantitative estimate of drug-likeness (QED) is 0.713. The number of carbonyl (C=O) groups excluding carboxylic acids is 1. The van der Waals surface area contributed by atoms with E-state index >= 15 is 0 Å². The van der Waals surface area contributed by atoms with E-state index in [-0.39, 0.29) is 23.0 Å². The first-order chi connectivity index (χ1) is 14.0. The van der Waals surface area contributed by atoms with Gasteiger partial charge in [0.15, 0.2) is 0 Å². The zero-order valence-corrected chi connectivity index (χ0v) is 18.9. The molecule has 0 saturated heterocycles. The number of aliphatic hydroxyl groups excluding tert-OH is 1. The van der Waals surface area contributed by atoms with Crippen LogP contribution >= 0.6 is 0 Å². The van der Waals surface area contributed by atoms with Gasteiger partial charge in [-0.05, 0) is 23.5 Å². The summed E-state index contributed by atoms with van der Waals surface area (Å²) in [5.74, 6) is -1.62. The number of ether oxygens (including phenoxy) is 4. The van der Waals surface area contributed by atoms with Gasteiger partial charge in [-0.1, -0.05) is 32.9 Å². The molecule has 1 N–H and O–H groups in total. The largest absolute Gasteiger partial charge is 0.512 e. The molecule has 0 amide bonds. The van der Waals surface area contributed by atoms with Gasteiger partial charge in [-0.25, -0.2) is 4.79 Å². The van der Waals surface area contributed by atoms with Crippen LogP contribution in [0, 0.1) is 5.92 Å². The zero-order valence-electron chi connectivity index (χ0n) is 18.9. The summed E-state index contributed by atoms with van der Waals surface area (Å²) < 4.78 is 23.9. The molecule has 0 aromatic heterocycles. The molecule has 1 aliphatic heterocycles. The zero-order chi connectivity index (χ0) is 22.1. The standard InChI is InChI=1S/C24H32O6/c1-13(2)14-8-9-15-19-20(14)29-22(3,4)30-24(19,28-7)12-16-18(21(26)27-6)17(25)10-11-23(15,16)5/h8-9,13,16,25H,10-12H2,1-7H3/t16-,23-,24-/m0/s1. The third-order valence-electron chi connectivity index (χ3n) is 7.08. The molecule has 30 heavy (non-hydrogen) atoms. The van der Waals surface area contributed by atoms with Crippen LogP contribution in [0.1, 0.15) is 76.5 Å². The van der Waals surface area contributed by atoms with E-state index in [0.29, 0.717) is 24.8 Å². The maximum Gasteiger partial charge on any atom is 0.337 e. The molecular formula is C24H32O6. The first-order valence-electron chi connectivity index (χ1n) is 10.6. The number of esters is 1. The fraction of sp³-hybridized carbons (Fsp3) is 0.625. The Balaban J connectivity index is 2.03. The Morgan fingerprint density at radius 2 is 1.93 bits per heavy atom. The van der Waals surface area contributed by atoms with Gasteiger partial charge in [0, 0.05) is 45.1 Å². The van der Waals surface area contributed by atoms with Crippen LogP contribution in [-0.4, -0.2) is 31.1 Å². The highest BCUT2D eigenvalue weighted by Crippen LogP contribution is 2.62. The Morgan fingerprint density at radius 1 is 1.23 bits per heavy atom. The fourth-order valence-corrected chi connectivity index (χ4v) is 5.60. The Labute approximate surface area is 178 Å². The van der Waals surface area contributed by atoms with Crippen LogP contribution in [0.15, 0.2) is 23.5 Å². The highest BCUT2D eigenvalue weighted by atomic mass is 16.8. The maximum absolute atomic E-state index is 12.7.